The Morgan fingerprint density at radius 1 is 1.14 bits per heavy atom. The highest BCUT2D eigenvalue weighted by atomic mass is 16.5. The van der Waals surface area contributed by atoms with Gasteiger partial charge < -0.3 is 10.1 Å². The van der Waals surface area contributed by atoms with Gasteiger partial charge in [-0.25, -0.2) is 0 Å². The van der Waals surface area contributed by atoms with Crippen molar-refractivity contribution in [2.75, 3.05) is 11.9 Å². The van der Waals surface area contributed by atoms with Gasteiger partial charge in [-0.3, -0.25) is 9.59 Å². The number of carbonyl (C=O) groups excluding carboxylic acids is 2. The van der Waals surface area contributed by atoms with Crippen molar-refractivity contribution in [3.63, 3.8) is 0 Å². The summed E-state index contributed by atoms with van der Waals surface area (Å²) in [6, 6.07) is 6.08. The van der Waals surface area contributed by atoms with E-state index in [0.717, 1.165) is 29.7 Å². The summed E-state index contributed by atoms with van der Waals surface area (Å²) in [7, 11) is 0. The van der Waals surface area contributed by atoms with Crippen LogP contribution in [0.2, 0.25) is 0 Å². The van der Waals surface area contributed by atoms with Gasteiger partial charge in [-0.05, 0) is 35.8 Å². The molecule has 0 aliphatic heterocycles. The van der Waals surface area contributed by atoms with Crippen LogP contribution in [0.25, 0.3) is 0 Å². The Hall–Kier alpha value is -1.84. The van der Waals surface area contributed by atoms with E-state index in [1.165, 1.54) is 0 Å². The molecule has 1 aliphatic carbocycles. The maximum Gasteiger partial charge on any atom is 0.309 e. The second-order valence-electron chi connectivity index (χ2n) is 6.55. The van der Waals surface area contributed by atoms with Crippen LogP contribution in [-0.4, -0.2) is 18.5 Å². The van der Waals surface area contributed by atoms with Crippen molar-refractivity contribution < 1.29 is 14.3 Å². The van der Waals surface area contributed by atoms with Crippen LogP contribution in [-0.2, 0) is 14.3 Å². The number of anilines is 1. The Kier molecular flexibility index (Phi) is 5.22. The van der Waals surface area contributed by atoms with Crippen LogP contribution in [0.15, 0.2) is 18.2 Å². The predicted octanol–water partition coefficient (Wildman–Crippen LogP) is 3.83. The largest absolute Gasteiger partial charge is 0.455 e. The number of nitrogens with one attached hydrogen (secondary N) is 1. The lowest BCUT2D eigenvalue weighted by Crippen LogP contribution is -2.23. The van der Waals surface area contributed by atoms with E-state index in [4.69, 9.17) is 4.74 Å². The molecule has 1 N–H and O–H groups in total. The van der Waals surface area contributed by atoms with Gasteiger partial charge in [0.1, 0.15) is 0 Å². The lowest BCUT2D eigenvalue weighted by Gasteiger charge is -2.20. The normalized spacial score (nSPS) is 14.3. The van der Waals surface area contributed by atoms with E-state index in [0.29, 0.717) is 11.8 Å². The van der Waals surface area contributed by atoms with Gasteiger partial charge in [-0.15, -0.1) is 0 Å². The van der Waals surface area contributed by atoms with E-state index >= 15 is 0 Å². The topological polar surface area (TPSA) is 55.4 Å². The number of benzene rings is 1. The van der Waals surface area contributed by atoms with E-state index in [9.17, 15) is 9.59 Å². The van der Waals surface area contributed by atoms with Crippen molar-refractivity contribution in [1.82, 2.24) is 0 Å². The highest BCUT2D eigenvalue weighted by Gasteiger charge is 2.31. The first-order chi connectivity index (χ1) is 10.4. The Morgan fingerprint density at radius 3 is 2.14 bits per heavy atom. The molecule has 4 heteroatoms. The molecule has 0 saturated heterocycles. The van der Waals surface area contributed by atoms with Gasteiger partial charge in [-0.1, -0.05) is 45.9 Å². The molecule has 0 unspecified atom stereocenters. The molecule has 1 aromatic carbocycles. The minimum Gasteiger partial charge on any atom is -0.455 e. The molecule has 1 aliphatic rings. The Labute approximate surface area is 132 Å². The molecular weight excluding hydrogens is 278 g/mol. The summed E-state index contributed by atoms with van der Waals surface area (Å²) in [5.74, 6) is 0.105. The number of rotatable bonds is 6. The SMILES string of the molecule is CC(C)c1cccc(C(C)C)c1NC(=O)COC(=O)C1CC1. The monoisotopic (exact) mass is 303 g/mol. The molecule has 0 atom stereocenters. The smallest absolute Gasteiger partial charge is 0.309 e. The van der Waals surface area contributed by atoms with Gasteiger partial charge in [-0.2, -0.15) is 0 Å². The first-order valence-electron chi connectivity index (χ1n) is 7.99. The third kappa shape index (κ3) is 4.09. The molecule has 0 bridgehead atoms. The molecule has 22 heavy (non-hydrogen) atoms. The minimum absolute atomic E-state index is 0.0157. The van der Waals surface area contributed by atoms with Gasteiger partial charge in [0.05, 0.1) is 5.92 Å². The Balaban J connectivity index is 2.09. The fourth-order valence-corrected chi connectivity index (χ4v) is 2.44. The van der Waals surface area contributed by atoms with Crippen molar-refractivity contribution in [2.45, 2.75) is 52.4 Å². The van der Waals surface area contributed by atoms with Crippen LogP contribution in [0.1, 0.15) is 63.5 Å². The summed E-state index contributed by atoms with van der Waals surface area (Å²) < 4.78 is 5.05. The van der Waals surface area contributed by atoms with Crippen molar-refractivity contribution >= 4 is 17.6 Å². The summed E-state index contributed by atoms with van der Waals surface area (Å²) in [5, 5.41) is 2.94. The van der Waals surface area contributed by atoms with E-state index in [1.54, 1.807) is 0 Å². The van der Waals surface area contributed by atoms with Gasteiger partial charge in [0, 0.05) is 5.69 Å². The third-order valence-electron chi connectivity index (χ3n) is 3.89. The fourth-order valence-electron chi connectivity index (χ4n) is 2.44. The average molecular weight is 303 g/mol. The Morgan fingerprint density at radius 2 is 1.68 bits per heavy atom. The lowest BCUT2D eigenvalue weighted by molar-refractivity contribution is -0.148. The summed E-state index contributed by atoms with van der Waals surface area (Å²) in [6.07, 6.45) is 1.77. The molecule has 1 fully saturated rings. The summed E-state index contributed by atoms with van der Waals surface area (Å²) >= 11 is 0. The zero-order valence-corrected chi connectivity index (χ0v) is 13.8. The standard InChI is InChI=1S/C18H25NO3/c1-11(2)14-6-5-7-15(12(3)4)17(14)19-16(20)10-22-18(21)13-8-9-13/h5-7,11-13H,8-10H2,1-4H3,(H,19,20). The van der Waals surface area contributed by atoms with E-state index < -0.39 is 0 Å². The summed E-state index contributed by atoms with van der Waals surface area (Å²) in [5.41, 5.74) is 3.07. The molecule has 2 rings (SSSR count). The molecule has 120 valence electrons. The zero-order valence-electron chi connectivity index (χ0n) is 13.8. The van der Waals surface area contributed by atoms with Gasteiger partial charge in [0.2, 0.25) is 0 Å². The van der Waals surface area contributed by atoms with Gasteiger partial charge >= 0.3 is 5.97 Å². The lowest BCUT2D eigenvalue weighted by atomic mass is 9.92. The molecule has 1 saturated carbocycles. The molecule has 0 spiro atoms. The Bertz CT molecular complexity index is 533. The molecule has 0 radical (unpaired) electrons. The van der Waals surface area contributed by atoms with Crippen LogP contribution < -0.4 is 5.32 Å². The quantitative estimate of drug-likeness (QED) is 0.813. The second-order valence-corrected chi connectivity index (χ2v) is 6.55. The summed E-state index contributed by atoms with van der Waals surface area (Å²) in [4.78, 5) is 23.6. The van der Waals surface area contributed by atoms with E-state index in [1.807, 2.05) is 18.2 Å². The van der Waals surface area contributed by atoms with Crippen molar-refractivity contribution in [3.05, 3.63) is 29.3 Å². The van der Waals surface area contributed by atoms with Crippen LogP contribution >= 0.6 is 0 Å². The molecule has 0 aromatic heterocycles. The number of esters is 1. The highest BCUT2D eigenvalue weighted by molar-refractivity contribution is 5.94. The van der Waals surface area contributed by atoms with Crippen LogP contribution in [0.4, 0.5) is 5.69 Å². The number of amides is 1. The van der Waals surface area contributed by atoms with Crippen molar-refractivity contribution in [3.8, 4) is 0 Å². The molecule has 1 aromatic rings. The number of hydrogen-bond acceptors (Lipinski definition) is 3. The van der Waals surface area contributed by atoms with Gasteiger partial charge in [0.25, 0.3) is 5.91 Å². The zero-order chi connectivity index (χ0) is 16.3. The third-order valence-corrected chi connectivity index (χ3v) is 3.89. The predicted molar refractivity (Wildman–Crippen MR) is 86.9 cm³/mol. The van der Waals surface area contributed by atoms with Crippen molar-refractivity contribution in [2.24, 2.45) is 5.92 Å². The maximum absolute atomic E-state index is 12.1. The number of carbonyl (C=O) groups is 2. The van der Waals surface area contributed by atoms with E-state index in [-0.39, 0.29) is 24.4 Å². The first-order valence-corrected chi connectivity index (χ1v) is 7.99. The second kappa shape index (κ2) is 6.95. The molecule has 1 amide bonds. The average Bonchev–Trinajstić information content (AvgIpc) is 3.29. The summed E-state index contributed by atoms with van der Waals surface area (Å²) in [6.45, 7) is 8.19. The molecule has 4 nitrogen and oxygen atoms in total. The van der Waals surface area contributed by atoms with Gasteiger partial charge in [0.15, 0.2) is 6.61 Å². The maximum atomic E-state index is 12.1. The number of hydrogen-bond donors (Lipinski definition) is 1. The first kappa shape index (κ1) is 16.5. The highest BCUT2D eigenvalue weighted by Crippen LogP contribution is 2.32. The van der Waals surface area contributed by atoms with E-state index in [2.05, 4.69) is 33.0 Å². The fraction of sp³-hybridized carbons (Fsp3) is 0.556. The van der Waals surface area contributed by atoms with Crippen LogP contribution in [0.5, 0.6) is 0 Å². The number of para-hydroxylation sites is 1. The minimum atomic E-state index is -0.274. The number of ether oxygens (including phenoxy) is 1. The van der Waals surface area contributed by atoms with Crippen molar-refractivity contribution in [1.29, 1.82) is 0 Å². The van der Waals surface area contributed by atoms with Crippen LogP contribution in [0.3, 0.4) is 0 Å². The molecular formula is C18H25NO3. The molecule has 0 heterocycles. The van der Waals surface area contributed by atoms with Crippen LogP contribution in [0, 0.1) is 5.92 Å².